The van der Waals surface area contributed by atoms with E-state index in [0.717, 1.165) is 50.7 Å². The van der Waals surface area contributed by atoms with Crippen LogP contribution in [0.25, 0.3) is 11.7 Å². The third-order valence-electron chi connectivity index (χ3n) is 6.57. The summed E-state index contributed by atoms with van der Waals surface area (Å²) in [7, 11) is 0. The van der Waals surface area contributed by atoms with Crippen molar-refractivity contribution in [2.75, 3.05) is 18.5 Å². The van der Waals surface area contributed by atoms with E-state index in [4.69, 9.17) is 21.9 Å². The van der Waals surface area contributed by atoms with Gasteiger partial charge in [0, 0.05) is 25.4 Å². The minimum atomic E-state index is -0.207. The molecule has 5 rings (SSSR count). The van der Waals surface area contributed by atoms with E-state index in [1.54, 1.807) is 21.6 Å². The van der Waals surface area contributed by atoms with Crippen LogP contribution in [0.3, 0.4) is 0 Å². The highest BCUT2D eigenvalue weighted by Gasteiger charge is 2.37. The van der Waals surface area contributed by atoms with Crippen molar-refractivity contribution in [3.05, 3.63) is 44.7 Å². The fourth-order valence-electron chi connectivity index (χ4n) is 4.80. The van der Waals surface area contributed by atoms with E-state index in [0.29, 0.717) is 32.8 Å². The summed E-state index contributed by atoms with van der Waals surface area (Å²) in [6, 6.07) is 3.92. The molecule has 2 aliphatic heterocycles. The molecule has 9 heteroatoms. The summed E-state index contributed by atoms with van der Waals surface area (Å²) in [5, 5.41) is 3.32. The fraction of sp³-hybridized carbons (Fsp3) is 0.500. The predicted molar refractivity (Wildman–Crippen MR) is 136 cm³/mol. The number of nitrogens with one attached hydrogen (secondary N) is 1. The van der Waals surface area contributed by atoms with Gasteiger partial charge in [-0.2, -0.15) is 0 Å². The maximum Gasteiger partial charge on any atom is 0.267 e. The number of thiocarbonyl (C=S) groups is 1. The van der Waals surface area contributed by atoms with Gasteiger partial charge in [0.15, 0.2) is 0 Å². The molecule has 174 valence electrons. The maximum atomic E-state index is 13.5. The first-order valence-electron chi connectivity index (χ1n) is 11.7. The highest BCUT2D eigenvalue weighted by atomic mass is 32.2. The molecule has 0 radical (unpaired) electrons. The lowest BCUT2D eigenvalue weighted by atomic mass is 9.94. The van der Waals surface area contributed by atoms with E-state index in [1.165, 1.54) is 18.2 Å². The highest BCUT2D eigenvalue weighted by Crippen LogP contribution is 2.37. The zero-order valence-electron chi connectivity index (χ0n) is 18.7. The molecule has 1 unspecified atom stereocenters. The lowest BCUT2D eigenvalue weighted by Gasteiger charge is -2.29. The van der Waals surface area contributed by atoms with Crippen LogP contribution in [-0.2, 0) is 9.53 Å². The van der Waals surface area contributed by atoms with Crippen LogP contribution in [0.15, 0.2) is 28.0 Å². The molecule has 2 aromatic heterocycles. The first-order valence-corrected chi connectivity index (χ1v) is 12.9. The molecule has 7 nitrogen and oxygen atoms in total. The number of hydrogen-bond acceptors (Lipinski definition) is 7. The van der Waals surface area contributed by atoms with Gasteiger partial charge in [0.1, 0.15) is 15.8 Å². The molecule has 1 aliphatic carbocycles. The van der Waals surface area contributed by atoms with Crippen LogP contribution in [-0.4, -0.2) is 49.8 Å². The Hall–Kier alpha value is -2.23. The summed E-state index contributed by atoms with van der Waals surface area (Å²) < 4.78 is 7.84. The molecule has 33 heavy (non-hydrogen) atoms. The second kappa shape index (κ2) is 9.56. The van der Waals surface area contributed by atoms with Crippen LogP contribution in [0.5, 0.6) is 0 Å². The first-order chi connectivity index (χ1) is 16.0. The van der Waals surface area contributed by atoms with Crippen molar-refractivity contribution in [1.29, 1.82) is 0 Å². The summed E-state index contributed by atoms with van der Waals surface area (Å²) >= 11 is 6.85. The van der Waals surface area contributed by atoms with Gasteiger partial charge in [0.2, 0.25) is 0 Å². The molecule has 1 N–H and O–H groups in total. The Bertz CT molecular complexity index is 1180. The zero-order chi connectivity index (χ0) is 22.9. The molecule has 4 heterocycles. The van der Waals surface area contributed by atoms with Crippen LogP contribution in [0.1, 0.15) is 56.1 Å². The average Bonchev–Trinajstić information content (AvgIpc) is 3.43. The lowest BCUT2D eigenvalue weighted by Crippen LogP contribution is -2.39. The molecule has 2 saturated heterocycles. The number of fused-ring (bicyclic) bond motifs is 1. The Morgan fingerprint density at radius 1 is 1.21 bits per heavy atom. The maximum absolute atomic E-state index is 13.5. The minimum Gasteiger partial charge on any atom is -0.376 e. The van der Waals surface area contributed by atoms with Gasteiger partial charge in [-0.25, -0.2) is 4.98 Å². The van der Waals surface area contributed by atoms with Crippen molar-refractivity contribution in [2.24, 2.45) is 0 Å². The smallest absolute Gasteiger partial charge is 0.267 e. The van der Waals surface area contributed by atoms with Gasteiger partial charge >= 0.3 is 0 Å². The van der Waals surface area contributed by atoms with Crippen molar-refractivity contribution in [2.45, 2.75) is 64.0 Å². The van der Waals surface area contributed by atoms with E-state index in [9.17, 15) is 9.59 Å². The molecule has 1 saturated carbocycles. The van der Waals surface area contributed by atoms with Gasteiger partial charge in [-0.1, -0.05) is 49.3 Å². The van der Waals surface area contributed by atoms with E-state index in [2.05, 4.69) is 5.32 Å². The average molecular weight is 485 g/mol. The normalized spacial score (nSPS) is 23.2. The number of nitrogens with zero attached hydrogens (tertiary/aromatic N) is 3. The quantitative estimate of drug-likeness (QED) is 0.505. The van der Waals surface area contributed by atoms with Gasteiger partial charge in [-0.3, -0.25) is 18.9 Å². The number of ether oxygens (including phenoxy) is 1. The van der Waals surface area contributed by atoms with Crippen LogP contribution in [0.4, 0.5) is 5.82 Å². The Kier molecular flexibility index (Phi) is 6.53. The fourth-order valence-corrected chi connectivity index (χ4v) is 6.19. The Morgan fingerprint density at radius 2 is 2.03 bits per heavy atom. The van der Waals surface area contributed by atoms with Crippen molar-refractivity contribution in [3.63, 3.8) is 0 Å². The second-order valence-electron chi connectivity index (χ2n) is 8.97. The molecule has 0 aromatic carbocycles. The van der Waals surface area contributed by atoms with Crippen molar-refractivity contribution in [3.8, 4) is 0 Å². The summed E-state index contributed by atoms with van der Waals surface area (Å²) in [6.07, 6.45) is 11.0. The SMILES string of the molecule is Cc1ccc2nc(NCC3CCCO3)c(C=C3SC(=S)N(C4CCCCC4)C3=O)c(=O)n2c1. The van der Waals surface area contributed by atoms with Crippen LogP contribution in [0.2, 0.25) is 0 Å². The molecule has 0 bridgehead atoms. The lowest BCUT2D eigenvalue weighted by molar-refractivity contribution is -0.124. The molecule has 3 fully saturated rings. The number of carbonyl (C=O) groups is 1. The molecule has 1 amide bonds. The van der Waals surface area contributed by atoms with Crippen molar-refractivity contribution >= 4 is 51.7 Å². The standard InChI is InChI=1S/C24H28N4O3S2/c1-15-9-10-20-26-21(25-13-17-8-5-11-31-17)18(22(29)27(20)14-15)12-19-23(30)28(24(32)33-19)16-6-3-2-4-7-16/h9-10,12,14,16-17,25H,2-8,11,13H2,1H3. The number of rotatable bonds is 5. The monoisotopic (exact) mass is 484 g/mol. The van der Waals surface area contributed by atoms with Crippen LogP contribution >= 0.6 is 24.0 Å². The Balaban J connectivity index is 1.52. The predicted octanol–water partition coefficient (Wildman–Crippen LogP) is 4.13. The minimum absolute atomic E-state index is 0.0978. The summed E-state index contributed by atoms with van der Waals surface area (Å²) in [4.78, 5) is 33.8. The van der Waals surface area contributed by atoms with Gasteiger partial charge in [-0.05, 0) is 50.3 Å². The zero-order valence-corrected chi connectivity index (χ0v) is 20.3. The summed E-state index contributed by atoms with van der Waals surface area (Å²) in [5.74, 6) is 0.373. The second-order valence-corrected chi connectivity index (χ2v) is 10.6. The van der Waals surface area contributed by atoms with Gasteiger partial charge in [-0.15, -0.1) is 0 Å². The Morgan fingerprint density at radius 3 is 2.79 bits per heavy atom. The molecule has 2 aromatic rings. The van der Waals surface area contributed by atoms with E-state index in [-0.39, 0.29) is 23.6 Å². The highest BCUT2D eigenvalue weighted by molar-refractivity contribution is 8.26. The van der Waals surface area contributed by atoms with E-state index >= 15 is 0 Å². The summed E-state index contributed by atoms with van der Waals surface area (Å²) in [6.45, 7) is 3.26. The van der Waals surface area contributed by atoms with Crippen molar-refractivity contribution in [1.82, 2.24) is 14.3 Å². The van der Waals surface area contributed by atoms with Gasteiger partial charge in [0.25, 0.3) is 11.5 Å². The number of hydrogen-bond donors (Lipinski definition) is 1. The van der Waals surface area contributed by atoms with Crippen molar-refractivity contribution < 1.29 is 9.53 Å². The van der Waals surface area contributed by atoms with Gasteiger partial charge < -0.3 is 10.1 Å². The number of thioether (sulfide) groups is 1. The third-order valence-corrected chi connectivity index (χ3v) is 7.90. The third kappa shape index (κ3) is 4.58. The van der Waals surface area contributed by atoms with E-state index < -0.39 is 0 Å². The van der Waals surface area contributed by atoms with Crippen LogP contribution < -0.4 is 10.9 Å². The molecular weight excluding hydrogens is 456 g/mol. The molecule has 1 atom stereocenters. The number of anilines is 1. The molecule has 0 spiro atoms. The topological polar surface area (TPSA) is 75.9 Å². The number of aryl methyl sites for hydroxylation is 1. The largest absolute Gasteiger partial charge is 0.376 e. The van der Waals surface area contributed by atoms with E-state index in [1.807, 2.05) is 19.1 Å². The number of aromatic nitrogens is 2. The first kappa shape index (κ1) is 22.6. The number of carbonyl (C=O) groups excluding carboxylic acids is 1. The molecule has 3 aliphatic rings. The molecular formula is C24H28N4O3S2. The number of pyridine rings is 1. The summed E-state index contributed by atoms with van der Waals surface area (Å²) in [5.41, 5.74) is 1.69. The number of amides is 1. The van der Waals surface area contributed by atoms with Gasteiger partial charge in [0.05, 0.1) is 16.6 Å². The Labute approximate surface area is 202 Å². The van der Waals surface area contributed by atoms with Crippen LogP contribution in [0, 0.1) is 6.92 Å².